The summed E-state index contributed by atoms with van der Waals surface area (Å²) in [5.41, 5.74) is 1.02. The van der Waals surface area contributed by atoms with E-state index in [1.165, 1.54) is 7.11 Å². The Hall–Kier alpha value is -2.24. The molecule has 0 unspecified atom stereocenters. The van der Waals surface area contributed by atoms with Crippen LogP contribution in [0.2, 0.25) is 0 Å². The summed E-state index contributed by atoms with van der Waals surface area (Å²) >= 11 is 0. The van der Waals surface area contributed by atoms with E-state index < -0.39 is 0 Å². The third-order valence-electron chi connectivity index (χ3n) is 4.95. The van der Waals surface area contributed by atoms with Crippen molar-refractivity contribution in [2.75, 3.05) is 27.9 Å². The number of amides is 1. The lowest BCUT2D eigenvalue weighted by Crippen LogP contribution is -2.40. The molecule has 6 heteroatoms. The first-order valence-corrected chi connectivity index (χ1v) is 9.16. The highest BCUT2D eigenvalue weighted by molar-refractivity contribution is 5.78. The Morgan fingerprint density at radius 3 is 2.35 bits per heavy atom. The molecular weight excluding hydrogens is 334 g/mol. The van der Waals surface area contributed by atoms with Crippen molar-refractivity contribution in [1.82, 2.24) is 4.90 Å². The van der Waals surface area contributed by atoms with E-state index in [2.05, 4.69) is 0 Å². The van der Waals surface area contributed by atoms with Gasteiger partial charge in [0.1, 0.15) is 0 Å². The molecule has 6 nitrogen and oxygen atoms in total. The van der Waals surface area contributed by atoms with E-state index in [-0.39, 0.29) is 24.3 Å². The molecule has 0 radical (unpaired) electrons. The van der Waals surface area contributed by atoms with Crippen molar-refractivity contribution in [3.63, 3.8) is 0 Å². The molecule has 0 aromatic heterocycles. The van der Waals surface area contributed by atoms with Crippen molar-refractivity contribution in [2.24, 2.45) is 0 Å². The van der Waals surface area contributed by atoms with Crippen LogP contribution in [-0.2, 0) is 20.7 Å². The number of aryl methyl sites for hydroxylation is 1. The summed E-state index contributed by atoms with van der Waals surface area (Å²) in [5.74, 6) is 1.15. The maximum atomic E-state index is 12.8. The van der Waals surface area contributed by atoms with Crippen LogP contribution in [0.15, 0.2) is 18.2 Å². The molecule has 0 saturated heterocycles. The highest BCUT2D eigenvalue weighted by atomic mass is 16.5. The van der Waals surface area contributed by atoms with Crippen LogP contribution >= 0.6 is 0 Å². The van der Waals surface area contributed by atoms with E-state index in [4.69, 9.17) is 14.2 Å². The molecule has 26 heavy (non-hydrogen) atoms. The molecule has 0 spiro atoms. The fraction of sp³-hybridized carbons (Fsp3) is 0.600. The molecule has 0 heterocycles. The van der Waals surface area contributed by atoms with Crippen LogP contribution in [0.4, 0.5) is 0 Å². The topological polar surface area (TPSA) is 65.1 Å². The molecule has 1 fully saturated rings. The minimum Gasteiger partial charge on any atom is -0.493 e. The van der Waals surface area contributed by atoms with Gasteiger partial charge in [-0.05, 0) is 37.0 Å². The highest BCUT2D eigenvalue weighted by Gasteiger charge is 2.26. The quantitative estimate of drug-likeness (QED) is 0.631. The molecule has 1 aromatic rings. The van der Waals surface area contributed by atoms with Crippen molar-refractivity contribution >= 4 is 11.9 Å². The number of esters is 1. The summed E-state index contributed by atoms with van der Waals surface area (Å²) in [7, 11) is 4.57. The van der Waals surface area contributed by atoms with Gasteiger partial charge in [0.2, 0.25) is 5.91 Å². The number of methoxy groups -OCH3 is 3. The monoisotopic (exact) mass is 363 g/mol. The van der Waals surface area contributed by atoms with Crippen LogP contribution in [0.25, 0.3) is 0 Å². The Morgan fingerprint density at radius 1 is 1.04 bits per heavy atom. The van der Waals surface area contributed by atoms with E-state index in [1.807, 2.05) is 23.1 Å². The number of rotatable bonds is 9. The standard InChI is InChI=1S/C20H29NO5/c1-24-17-10-8-15(14-18(17)25-2)9-11-19(22)21(13-12-20(23)26-3)16-6-4-5-7-16/h8,10,14,16H,4-7,9,11-13H2,1-3H3. The average Bonchev–Trinajstić information content (AvgIpc) is 3.20. The lowest BCUT2D eigenvalue weighted by Gasteiger charge is -2.29. The number of hydrogen-bond donors (Lipinski definition) is 0. The molecule has 144 valence electrons. The van der Waals surface area contributed by atoms with Crippen LogP contribution in [0, 0.1) is 0 Å². The molecule has 0 bridgehead atoms. The van der Waals surface area contributed by atoms with E-state index in [0.717, 1.165) is 31.2 Å². The second-order valence-corrected chi connectivity index (χ2v) is 6.54. The SMILES string of the molecule is COC(=O)CCN(C(=O)CCc1ccc(OC)c(OC)c1)C1CCCC1. The third kappa shape index (κ3) is 5.38. The first kappa shape index (κ1) is 20.1. The van der Waals surface area contributed by atoms with E-state index >= 15 is 0 Å². The predicted molar refractivity (Wildman–Crippen MR) is 98.5 cm³/mol. The summed E-state index contributed by atoms with van der Waals surface area (Å²) < 4.78 is 15.3. The zero-order chi connectivity index (χ0) is 18.9. The number of carbonyl (C=O) groups is 2. The zero-order valence-electron chi connectivity index (χ0n) is 16.0. The number of nitrogens with zero attached hydrogens (tertiary/aromatic N) is 1. The third-order valence-corrected chi connectivity index (χ3v) is 4.95. The van der Waals surface area contributed by atoms with Gasteiger partial charge in [0.05, 0.1) is 27.8 Å². The van der Waals surface area contributed by atoms with Crippen LogP contribution in [0.5, 0.6) is 11.5 Å². The van der Waals surface area contributed by atoms with Crippen molar-refractivity contribution in [2.45, 2.75) is 51.0 Å². The lowest BCUT2D eigenvalue weighted by molar-refractivity contribution is -0.142. The van der Waals surface area contributed by atoms with E-state index in [9.17, 15) is 9.59 Å². The molecule has 1 amide bonds. The van der Waals surface area contributed by atoms with Crippen molar-refractivity contribution < 1.29 is 23.8 Å². The number of hydrogen-bond acceptors (Lipinski definition) is 5. The van der Waals surface area contributed by atoms with Gasteiger partial charge in [-0.1, -0.05) is 18.9 Å². The van der Waals surface area contributed by atoms with Gasteiger partial charge in [0.15, 0.2) is 11.5 Å². The Labute approximate surface area is 155 Å². The van der Waals surface area contributed by atoms with Crippen LogP contribution in [0.1, 0.15) is 44.1 Å². The molecular formula is C20H29NO5. The fourth-order valence-corrected chi connectivity index (χ4v) is 3.47. The maximum Gasteiger partial charge on any atom is 0.307 e. The molecule has 0 aliphatic heterocycles. The van der Waals surface area contributed by atoms with Crippen LogP contribution in [-0.4, -0.2) is 50.7 Å². The molecule has 1 saturated carbocycles. The molecule has 1 aliphatic carbocycles. The second kappa shape index (κ2) is 10.0. The summed E-state index contributed by atoms with van der Waals surface area (Å²) in [5, 5.41) is 0. The fourth-order valence-electron chi connectivity index (χ4n) is 3.47. The van der Waals surface area contributed by atoms with Gasteiger partial charge < -0.3 is 19.1 Å². The largest absolute Gasteiger partial charge is 0.493 e. The number of carbonyl (C=O) groups excluding carboxylic acids is 2. The summed E-state index contributed by atoms with van der Waals surface area (Å²) in [4.78, 5) is 26.2. The first-order valence-electron chi connectivity index (χ1n) is 9.16. The number of benzene rings is 1. The van der Waals surface area contributed by atoms with Gasteiger partial charge in [-0.3, -0.25) is 9.59 Å². The molecule has 1 aliphatic rings. The zero-order valence-corrected chi connectivity index (χ0v) is 16.0. The van der Waals surface area contributed by atoms with Crippen LogP contribution in [0.3, 0.4) is 0 Å². The minimum atomic E-state index is -0.277. The maximum absolute atomic E-state index is 12.8. The summed E-state index contributed by atoms with van der Waals surface area (Å²) in [6.45, 7) is 0.433. The summed E-state index contributed by atoms with van der Waals surface area (Å²) in [6, 6.07) is 5.95. The predicted octanol–water partition coefficient (Wildman–Crippen LogP) is 2.97. The summed E-state index contributed by atoms with van der Waals surface area (Å²) in [6.07, 6.45) is 5.60. The Bertz CT molecular complexity index is 610. The number of ether oxygens (including phenoxy) is 3. The Kier molecular flexibility index (Phi) is 7.75. The van der Waals surface area contributed by atoms with Gasteiger partial charge in [-0.15, -0.1) is 0 Å². The average molecular weight is 363 g/mol. The molecule has 0 atom stereocenters. The van der Waals surface area contributed by atoms with E-state index in [0.29, 0.717) is 30.9 Å². The van der Waals surface area contributed by atoms with Crippen molar-refractivity contribution in [3.8, 4) is 11.5 Å². The Morgan fingerprint density at radius 2 is 1.73 bits per heavy atom. The van der Waals surface area contributed by atoms with Gasteiger partial charge in [-0.2, -0.15) is 0 Å². The van der Waals surface area contributed by atoms with Gasteiger partial charge in [0.25, 0.3) is 0 Å². The van der Waals surface area contributed by atoms with Crippen molar-refractivity contribution in [1.29, 1.82) is 0 Å². The van der Waals surface area contributed by atoms with Crippen molar-refractivity contribution in [3.05, 3.63) is 23.8 Å². The van der Waals surface area contributed by atoms with Gasteiger partial charge in [-0.25, -0.2) is 0 Å². The van der Waals surface area contributed by atoms with Gasteiger partial charge >= 0.3 is 5.97 Å². The Balaban J connectivity index is 1.98. The highest BCUT2D eigenvalue weighted by Crippen LogP contribution is 2.28. The normalized spacial score (nSPS) is 14.1. The van der Waals surface area contributed by atoms with E-state index in [1.54, 1.807) is 14.2 Å². The molecule has 2 rings (SSSR count). The van der Waals surface area contributed by atoms with Crippen LogP contribution < -0.4 is 9.47 Å². The molecule has 0 N–H and O–H groups in total. The minimum absolute atomic E-state index is 0.0931. The first-order chi connectivity index (χ1) is 12.6. The second-order valence-electron chi connectivity index (χ2n) is 6.54. The van der Waals surface area contributed by atoms with Gasteiger partial charge in [0, 0.05) is 19.0 Å². The molecule has 1 aromatic carbocycles. The lowest BCUT2D eigenvalue weighted by atomic mass is 10.1. The smallest absolute Gasteiger partial charge is 0.307 e.